The molecule has 0 bridgehead atoms. The molecule has 0 saturated heterocycles. The first-order chi connectivity index (χ1) is 8.99. The van der Waals surface area contributed by atoms with Gasteiger partial charge in [0.15, 0.2) is 5.78 Å². The summed E-state index contributed by atoms with van der Waals surface area (Å²) < 4.78 is 15.5. The normalized spacial score (nSPS) is 10.7. The number of nitrogens with zero attached hydrogens (tertiary/aromatic N) is 2. The van der Waals surface area contributed by atoms with E-state index in [1.165, 1.54) is 12.1 Å². The van der Waals surface area contributed by atoms with Crippen LogP contribution in [0.25, 0.3) is 0 Å². The van der Waals surface area contributed by atoms with Crippen molar-refractivity contribution in [3.63, 3.8) is 0 Å². The number of carbonyl (C=O) groups excluding carboxylic acids is 1. The lowest BCUT2D eigenvalue weighted by Crippen LogP contribution is -2.05. The van der Waals surface area contributed by atoms with Crippen LogP contribution in [-0.4, -0.2) is 15.6 Å². The minimum atomic E-state index is -0.348. The Bertz CT molecular complexity index is 602. The number of rotatable bonds is 4. The molecule has 0 atom stereocenters. The van der Waals surface area contributed by atoms with E-state index in [1.54, 1.807) is 24.0 Å². The van der Waals surface area contributed by atoms with Gasteiger partial charge in [0.1, 0.15) is 5.82 Å². The molecule has 1 aromatic heterocycles. The van der Waals surface area contributed by atoms with Crippen LogP contribution in [0.15, 0.2) is 28.9 Å². The summed E-state index contributed by atoms with van der Waals surface area (Å²) in [6, 6.07) is 4.50. The van der Waals surface area contributed by atoms with Crippen LogP contribution in [-0.2, 0) is 19.9 Å². The second-order valence-corrected chi connectivity index (χ2v) is 5.31. The fourth-order valence-electron chi connectivity index (χ4n) is 2.02. The molecular weight excluding hydrogens is 311 g/mol. The minimum Gasteiger partial charge on any atom is -0.294 e. The highest BCUT2D eigenvalue weighted by atomic mass is 79.9. The molecule has 100 valence electrons. The quantitative estimate of drug-likeness (QED) is 0.809. The van der Waals surface area contributed by atoms with Gasteiger partial charge in [-0.1, -0.05) is 22.9 Å². The molecule has 0 radical (unpaired) electrons. The Morgan fingerprint density at radius 3 is 2.79 bits per heavy atom. The van der Waals surface area contributed by atoms with E-state index in [-0.39, 0.29) is 18.0 Å². The maximum Gasteiger partial charge on any atom is 0.170 e. The molecular formula is C14H14BrFN2O. The maximum atomic E-state index is 13.3. The van der Waals surface area contributed by atoms with Crippen LogP contribution >= 0.6 is 15.9 Å². The van der Waals surface area contributed by atoms with Gasteiger partial charge in [-0.15, -0.1) is 0 Å². The number of hydrogen-bond acceptors (Lipinski definition) is 2. The van der Waals surface area contributed by atoms with Crippen molar-refractivity contribution in [1.82, 2.24) is 9.78 Å². The second-order valence-electron chi connectivity index (χ2n) is 4.39. The zero-order chi connectivity index (χ0) is 14.0. The Kier molecular flexibility index (Phi) is 4.14. The highest BCUT2D eigenvalue weighted by Gasteiger charge is 2.15. The van der Waals surface area contributed by atoms with Crippen LogP contribution < -0.4 is 0 Å². The summed E-state index contributed by atoms with van der Waals surface area (Å²) in [7, 11) is 1.79. The largest absolute Gasteiger partial charge is 0.294 e. The van der Waals surface area contributed by atoms with Crippen LogP contribution in [0.4, 0.5) is 4.39 Å². The lowest BCUT2D eigenvalue weighted by atomic mass is 10.0. The van der Waals surface area contributed by atoms with Gasteiger partial charge in [0.25, 0.3) is 0 Å². The van der Waals surface area contributed by atoms with Crippen LogP contribution in [0.2, 0.25) is 0 Å². The van der Waals surface area contributed by atoms with E-state index in [1.807, 2.05) is 6.92 Å². The standard InChI is InChI=1S/C14H14BrFN2O/c1-3-13-12(8-18(2)17-13)14(19)6-9-4-10(15)7-11(16)5-9/h4-5,7-8H,3,6H2,1-2H3. The number of ketones is 1. The monoisotopic (exact) mass is 324 g/mol. The summed E-state index contributed by atoms with van der Waals surface area (Å²) in [6.07, 6.45) is 2.60. The van der Waals surface area contributed by atoms with Crippen molar-refractivity contribution in [2.45, 2.75) is 19.8 Å². The smallest absolute Gasteiger partial charge is 0.170 e. The molecule has 3 nitrogen and oxygen atoms in total. The molecule has 0 N–H and O–H groups in total. The van der Waals surface area contributed by atoms with E-state index >= 15 is 0 Å². The van der Waals surface area contributed by atoms with E-state index in [0.717, 1.165) is 5.69 Å². The lowest BCUT2D eigenvalue weighted by molar-refractivity contribution is 0.0992. The Morgan fingerprint density at radius 1 is 1.42 bits per heavy atom. The predicted octanol–water partition coefficient (Wildman–Crippen LogP) is 3.31. The van der Waals surface area contributed by atoms with Crippen LogP contribution in [0.3, 0.4) is 0 Å². The van der Waals surface area contributed by atoms with Gasteiger partial charge in [0.05, 0.1) is 11.3 Å². The molecule has 0 fully saturated rings. The lowest BCUT2D eigenvalue weighted by Gasteiger charge is -2.02. The molecule has 2 aromatic rings. The van der Waals surface area contributed by atoms with E-state index in [2.05, 4.69) is 21.0 Å². The van der Waals surface area contributed by atoms with Crippen molar-refractivity contribution in [1.29, 1.82) is 0 Å². The molecule has 0 aliphatic carbocycles. The molecule has 1 heterocycles. The van der Waals surface area contributed by atoms with E-state index < -0.39 is 0 Å². The fourth-order valence-corrected chi connectivity index (χ4v) is 2.53. The first-order valence-corrected chi connectivity index (χ1v) is 6.79. The molecule has 0 aliphatic heterocycles. The van der Waals surface area contributed by atoms with Gasteiger partial charge in [-0.05, 0) is 30.2 Å². The van der Waals surface area contributed by atoms with Crippen molar-refractivity contribution in [3.05, 3.63) is 51.5 Å². The zero-order valence-electron chi connectivity index (χ0n) is 10.8. The summed E-state index contributed by atoms with van der Waals surface area (Å²) in [5, 5.41) is 4.24. The van der Waals surface area contributed by atoms with Crippen molar-refractivity contribution in [3.8, 4) is 0 Å². The number of aromatic nitrogens is 2. The number of halogens is 2. The topological polar surface area (TPSA) is 34.9 Å². The van der Waals surface area contributed by atoms with Gasteiger partial charge in [-0.25, -0.2) is 4.39 Å². The fraction of sp³-hybridized carbons (Fsp3) is 0.286. The number of benzene rings is 1. The van der Waals surface area contributed by atoms with Crippen molar-refractivity contribution in [2.24, 2.45) is 7.05 Å². The third-order valence-electron chi connectivity index (χ3n) is 2.83. The van der Waals surface area contributed by atoms with Gasteiger partial charge < -0.3 is 0 Å². The summed E-state index contributed by atoms with van der Waals surface area (Å²) in [5.41, 5.74) is 2.05. The second kappa shape index (κ2) is 5.65. The third-order valence-corrected chi connectivity index (χ3v) is 3.29. The van der Waals surface area contributed by atoms with Gasteiger partial charge in [0.2, 0.25) is 0 Å². The van der Waals surface area contributed by atoms with Gasteiger partial charge >= 0.3 is 0 Å². The highest BCUT2D eigenvalue weighted by molar-refractivity contribution is 9.10. The summed E-state index contributed by atoms with van der Waals surface area (Å²) >= 11 is 3.22. The molecule has 1 aromatic carbocycles. The van der Waals surface area contributed by atoms with Crippen LogP contribution in [0, 0.1) is 5.82 Å². The molecule has 0 spiro atoms. The predicted molar refractivity (Wildman–Crippen MR) is 74.7 cm³/mol. The summed E-state index contributed by atoms with van der Waals surface area (Å²) in [4.78, 5) is 12.2. The first-order valence-electron chi connectivity index (χ1n) is 6.00. The highest BCUT2D eigenvalue weighted by Crippen LogP contribution is 2.17. The zero-order valence-corrected chi connectivity index (χ0v) is 12.4. The number of Topliss-reactive ketones (excluding diaryl/α,β-unsaturated/α-hetero) is 1. The average Bonchev–Trinajstić information content (AvgIpc) is 2.69. The summed E-state index contributed by atoms with van der Waals surface area (Å²) in [6.45, 7) is 1.96. The molecule has 5 heteroatoms. The molecule has 0 amide bonds. The Balaban J connectivity index is 2.25. The minimum absolute atomic E-state index is 0.0394. The van der Waals surface area contributed by atoms with Crippen molar-refractivity contribution >= 4 is 21.7 Å². The van der Waals surface area contributed by atoms with Crippen molar-refractivity contribution < 1.29 is 9.18 Å². The molecule has 2 rings (SSSR count). The molecule has 0 aliphatic rings. The van der Waals surface area contributed by atoms with Gasteiger partial charge in [0, 0.05) is 24.1 Å². The van der Waals surface area contributed by atoms with E-state index in [4.69, 9.17) is 0 Å². The maximum absolute atomic E-state index is 13.3. The Morgan fingerprint density at radius 2 is 2.16 bits per heavy atom. The van der Waals surface area contributed by atoms with Crippen molar-refractivity contribution in [2.75, 3.05) is 0 Å². The van der Waals surface area contributed by atoms with E-state index in [0.29, 0.717) is 22.0 Å². The van der Waals surface area contributed by atoms with E-state index in [9.17, 15) is 9.18 Å². The van der Waals surface area contributed by atoms with Gasteiger partial charge in [-0.2, -0.15) is 5.10 Å². The first kappa shape index (κ1) is 13.9. The number of carbonyl (C=O) groups is 1. The SMILES string of the molecule is CCc1nn(C)cc1C(=O)Cc1cc(F)cc(Br)c1. The Labute approximate surface area is 119 Å². The molecule has 0 saturated carbocycles. The third kappa shape index (κ3) is 3.29. The van der Waals surface area contributed by atoms with Crippen LogP contribution in [0.5, 0.6) is 0 Å². The summed E-state index contributed by atoms with van der Waals surface area (Å²) in [5.74, 6) is -0.387. The Hall–Kier alpha value is -1.49. The molecule has 0 unspecified atom stereocenters. The number of aryl methyl sites for hydroxylation is 2. The van der Waals surface area contributed by atoms with Gasteiger partial charge in [-0.3, -0.25) is 9.48 Å². The average molecular weight is 325 g/mol. The number of hydrogen-bond donors (Lipinski definition) is 0. The van der Waals surface area contributed by atoms with Crippen LogP contribution in [0.1, 0.15) is 28.5 Å². The molecule has 19 heavy (non-hydrogen) atoms.